The summed E-state index contributed by atoms with van der Waals surface area (Å²) in [6.07, 6.45) is 5.56. The summed E-state index contributed by atoms with van der Waals surface area (Å²) in [6.45, 7) is 4.79. The molecule has 0 aromatic carbocycles. The third-order valence-corrected chi connectivity index (χ3v) is 5.06. The Balaban J connectivity index is 2.37. The van der Waals surface area contributed by atoms with E-state index in [2.05, 4.69) is 13.8 Å². The van der Waals surface area contributed by atoms with Gasteiger partial charge in [-0.15, -0.1) is 0 Å². The Morgan fingerprint density at radius 1 is 1.20 bits per heavy atom. The minimum atomic E-state index is 0.400. The number of thiol groups is 1. The number of rotatable bonds is 0. The fourth-order valence-corrected chi connectivity index (χ4v) is 3.28. The molecule has 0 spiro atoms. The van der Waals surface area contributed by atoms with Crippen LogP contribution >= 0.6 is 12.6 Å². The second-order valence-electron chi connectivity index (χ2n) is 4.53. The molecule has 2 saturated carbocycles. The van der Waals surface area contributed by atoms with Gasteiger partial charge in [-0.25, -0.2) is 0 Å². The maximum atomic E-state index is 4.80. The van der Waals surface area contributed by atoms with Crippen molar-refractivity contribution >= 4 is 12.6 Å². The predicted molar refractivity (Wildman–Crippen MR) is 47.5 cm³/mol. The monoisotopic (exact) mass is 156 g/mol. The summed E-state index contributed by atoms with van der Waals surface area (Å²) in [5.41, 5.74) is 0.524. The van der Waals surface area contributed by atoms with Gasteiger partial charge < -0.3 is 0 Å². The SMILES string of the molecule is CC1(C)C2CCC1(S)CC2. The van der Waals surface area contributed by atoms with Gasteiger partial charge in [0.25, 0.3) is 0 Å². The van der Waals surface area contributed by atoms with Crippen LogP contribution in [0.5, 0.6) is 0 Å². The lowest BCUT2D eigenvalue weighted by molar-refractivity contribution is 0.283. The van der Waals surface area contributed by atoms with Crippen LogP contribution in [0.4, 0.5) is 0 Å². The Labute approximate surface area is 68.8 Å². The minimum Gasteiger partial charge on any atom is -0.172 e. The van der Waals surface area contributed by atoms with Crippen molar-refractivity contribution in [1.82, 2.24) is 0 Å². The topological polar surface area (TPSA) is 0 Å². The van der Waals surface area contributed by atoms with E-state index in [4.69, 9.17) is 12.6 Å². The molecular weight excluding hydrogens is 140 g/mol. The normalized spacial score (nSPS) is 50.1. The summed E-state index contributed by atoms with van der Waals surface area (Å²) in [7, 11) is 0. The van der Waals surface area contributed by atoms with Crippen LogP contribution in [0.15, 0.2) is 0 Å². The minimum absolute atomic E-state index is 0.400. The number of fused-ring (bicyclic) bond motifs is 2. The lowest BCUT2D eigenvalue weighted by atomic mass is 9.81. The van der Waals surface area contributed by atoms with Crippen molar-refractivity contribution in [2.45, 2.75) is 44.3 Å². The van der Waals surface area contributed by atoms with Crippen molar-refractivity contribution in [2.75, 3.05) is 0 Å². The first-order chi connectivity index (χ1) is 4.56. The Hall–Kier alpha value is 0.350. The van der Waals surface area contributed by atoms with Gasteiger partial charge in [0, 0.05) is 4.75 Å². The molecular formula is C9H16S. The highest BCUT2D eigenvalue weighted by molar-refractivity contribution is 7.81. The van der Waals surface area contributed by atoms with E-state index in [0.717, 1.165) is 5.92 Å². The summed E-state index contributed by atoms with van der Waals surface area (Å²) < 4.78 is 0.400. The van der Waals surface area contributed by atoms with Crippen LogP contribution in [0.1, 0.15) is 39.5 Å². The van der Waals surface area contributed by atoms with Gasteiger partial charge in [-0.3, -0.25) is 0 Å². The molecule has 0 aliphatic heterocycles. The molecule has 0 radical (unpaired) electrons. The highest BCUT2D eigenvalue weighted by Gasteiger charge is 2.56. The summed E-state index contributed by atoms with van der Waals surface area (Å²) in [5.74, 6) is 0.977. The van der Waals surface area contributed by atoms with Crippen molar-refractivity contribution in [2.24, 2.45) is 11.3 Å². The largest absolute Gasteiger partial charge is 0.172 e. The first kappa shape index (κ1) is 7.02. The zero-order chi connectivity index (χ0) is 7.41. The number of hydrogen-bond donors (Lipinski definition) is 1. The van der Waals surface area contributed by atoms with Crippen molar-refractivity contribution < 1.29 is 0 Å². The summed E-state index contributed by atoms with van der Waals surface area (Å²) in [5, 5.41) is 0. The van der Waals surface area contributed by atoms with E-state index in [1.165, 1.54) is 25.7 Å². The molecule has 0 atom stereocenters. The molecule has 0 amide bonds. The molecule has 0 aromatic heterocycles. The Morgan fingerprint density at radius 3 is 1.80 bits per heavy atom. The molecule has 0 nitrogen and oxygen atoms in total. The van der Waals surface area contributed by atoms with Crippen LogP contribution in [-0.4, -0.2) is 4.75 Å². The molecule has 2 aliphatic carbocycles. The zero-order valence-corrected chi connectivity index (χ0v) is 7.75. The van der Waals surface area contributed by atoms with E-state index in [9.17, 15) is 0 Å². The average molecular weight is 156 g/mol. The smallest absolute Gasteiger partial charge is 0.0183 e. The fourth-order valence-electron chi connectivity index (χ4n) is 2.84. The second kappa shape index (κ2) is 1.74. The standard InChI is InChI=1S/C9H16S/c1-8(2)7-3-5-9(8,10)6-4-7/h7,10H,3-6H2,1-2H3. The molecule has 2 aliphatic rings. The van der Waals surface area contributed by atoms with E-state index in [0.29, 0.717) is 10.2 Å². The first-order valence-corrected chi connectivity index (χ1v) is 4.73. The van der Waals surface area contributed by atoms with Crippen LogP contribution in [-0.2, 0) is 0 Å². The molecule has 0 saturated heterocycles. The van der Waals surface area contributed by atoms with E-state index in [-0.39, 0.29) is 0 Å². The summed E-state index contributed by atoms with van der Waals surface area (Å²) >= 11 is 4.80. The van der Waals surface area contributed by atoms with Crippen LogP contribution in [0, 0.1) is 11.3 Å². The molecule has 58 valence electrons. The van der Waals surface area contributed by atoms with E-state index >= 15 is 0 Å². The molecule has 10 heavy (non-hydrogen) atoms. The van der Waals surface area contributed by atoms with Crippen LogP contribution in [0.25, 0.3) is 0 Å². The van der Waals surface area contributed by atoms with Gasteiger partial charge in [0.15, 0.2) is 0 Å². The molecule has 2 fully saturated rings. The lowest BCUT2D eigenvalue weighted by Gasteiger charge is -2.33. The van der Waals surface area contributed by atoms with Gasteiger partial charge in [-0.1, -0.05) is 13.8 Å². The zero-order valence-electron chi connectivity index (χ0n) is 6.85. The molecule has 1 heteroatoms. The maximum Gasteiger partial charge on any atom is 0.0183 e. The summed E-state index contributed by atoms with van der Waals surface area (Å²) in [6, 6.07) is 0. The molecule has 0 heterocycles. The molecule has 0 N–H and O–H groups in total. The van der Waals surface area contributed by atoms with Crippen molar-refractivity contribution in [1.29, 1.82) is 0 Å². The van der Waals surface area contributed by atoms with E-state index in [1.807, 2.05) is 0 Å². The Morgan fingerprint density at radius 2 is 1.70 bits per heavy atom. The predicted octanol–water partition coefficient (Wildman–Crippen LogP) is 2.89. The van der Waals surface area contributed by atoms with Gasteiger partial charge >= 0.3 is 0 Å². The van der Waals surface area contributed by atoms with Crippen LogP contribution in [0.3, 0.4) is 0 Å². The van der Waals surface area contributed by atoms with E-state index < -0.39 is 0 Å². The summed E-state index contributed by atoms with van der Waals surface area (Å²) in [4.78, 5) is 0. The molecule has 0 unspecified atom stereocenters. The van der Waals surface area contributed by atoms with Gasteiger partial charge in [0.2, 0.25) is 0 Å². The molecule has 0 aromatic rings. The van der Waals surface area contributed by atoms with Crippen LogP contribution in [0.2, 0.25) is 0 Å². The number of hydrogen-bond acceptors (Lipinski definition) is 1. The van der Waals surface area contributed by atoms with E-state index in [1.54, 1.807) is 0 Å². The lowest BCUT2D eigenvalue weighted by Crippen LogP contribution is -2.30. The van der Waals surface area contributed by atoms with Crippen molar-refractivity contribution in [3.8, 4) is 0 Å². The highest BCUT2D eigenvalue weighted by atomic mass is 32.1. The van der Waals surface area contributed by atoms with Gasteiger partial charge in [-0.05, 0) is 37.0 Å². The third kappa shape index (κ3) is 0.603. The average Bonchev–Trinajstić information content (AvgIpc) is 2.18. The highest BCUT2D eigenvalue weighted by Crippen LogP contribution is 2.63. The first-order valence-electron chi connectivity index (χ1n) is 4.29. The quantitative estimate of drug-likeness (QED) is 0.512. The van der Waals surface area contributed by atoms with Crippen molar-refractivity contribution in [3.05, 3.63) is 0 Å². The van der Waals surface area contributed by atoms with Crippen LogP contribution < -0.4 is 0 Å². The molecule has 2 rings (SSSR count). The van der Waals surface area contributed by atoms with Gasteiger partial charge in [-0.2, -0.15) is 12.6 Å². The van der Waals surface area contributed by atoms with Crippen molar-refractivity contribution in [3.63, 3.8) is 0 Å². The third-order valence-electron chi connectivity index (χ3n) is 4.03. The Kier molecular flexibility index (Phi) is 1.22. The van der Waals surface area contributed by atoms with Gasteiger partial charge in [0.05, 0.1) is 0 Å². The second-order valence-corrected chi connectivity index (χ2v) is 5.38. The fraction of sp³-hybridized carbons (Fsp3) is 1.00. The molecule has 2 bridgehead atoms. The Bertz CT molecular complexity index is 149. The maximum absolute atomic E-state index is 4.80. The van der Waals surface area contributed by atoms with Gasteiger partial charge in [0.1, 0.15) is 0 Å².